The Morgan fingerprint density at radius 2 is 2.04 bits per heavy atom. The molecule has 0 saturated heterocycles. The van der Waals surface area contributed by atoms with E-state index >= 15 is 0 Å². The van der Waals surface area contributed by atoms with Crippen LogP contribution in [0.3, 0.4) is 0 Å². The summed E-state index contributed by atoms with van der Waals surface area (Å²) in [6.07, 6.45) is 1.44. The number of ketones is 2. The third kappa shape index (κ3) is 2.37. The number of rotatable bonds is 3. The van der Waals surface area contributed by atoms with E-state index in [1.54, 1.807) is 19.9 Å². The van der Waals surface area contributed by atoms with Crippen LogP contribution >= 0.6 is 11.6 Å². The molecule has 9 heteroatoms. The number of aromatic nitrogens is 2. The molecule has 0 unspecified atom stereocenters. The number of hydrogen-bond acceptors (Lipinski definition) is 8. The average molecular weight is 405 g/mol. The first-order chi connectivity index (χ1) is 13.3. The van der Waals surface area contributed by atoms with E-state index in [1.807, 2.05) is 0 Å². The first-order valence-corrected chi connectivity index (χ1v) is 8.95. The summed E-state index contributed by atoms with van der Waals surface area (Å²) < 4.78 is 22.2. The van der Waals surface area contributed by atoms with Gasteiger partial charge in [0.15, 0.2) is 23.1 Å². The third-order valence-electron chi connectivity index (χ3n) is 5.07. The predicted octanol–water partition coefficient (Wildman–Crippen LogP) is 3.16. The standard InChI is InChI=1S/C19H17ClN2O6/c1-8-5-10(23)6-13(26-4)19(8)17(24)14-12(25-3)7-11(15(20)16(14)27-19)18-21-9(2)22-28-18/h6-8H,5H2,1-4H3/t8-,19+/m1/s1. The van der Waals surface area contributed by atoms with Gasteiger partial charge in [-0.25, -0.2) is 0 Å². The summed E-state index contributed by atoms with van der Waals surface area (Å²) in [4.78, 5) is 29.7. The van der Waals surface area contributed by atoms with Crippen LogP contribution in [0.5, 0.6) is 11.5 Å². The molecule has 28 heavy (non-hydrogen) atoms. The van der Waals surface area contributed by atoms with Crippen LogP contribution in [0.4, 0.5) is 0 Å². The smallest absolute Gasteiger partial charge is 0.259 e. The molecule has 0 saturated carbocycles. The fourth-order valence-corrected chi connectivity index (χ4v) is 4.00. The molecule has 1 aromatic carbocycles. The van der Waals surface area contributed by atoms with E-state index in [1.165, 1.54) is 20.3 Å². The zero-order valence-corrected chi connectivity index (χ0v) is 16.4. The fraction of sp³-hybridized carbons (Fsp3) is 0.368. The van der Waals surface area contributed by atoms with E-state index in [0.717, 1.165) is 0 Å². The van der Waals surface area contributed by atoms with Crippen molar-refractivity contribution < 1.29 is 28.3 Å². The van der Waals surface area contributed by atoms with Crippen molar-refractivity contribution in [1.29, 1.82) is 0 Å². The van der Waals surface area contributed by atoms with Crippen LogP contribution in [0.25, 0.3) is 11.5 Å². The molecule has 0 amide bonds. The van der Waals surface area contributed by atoms with E-state index < -0.39 is 11.5 Å². The Balaban J connectivity index is 1.95. The zero-order chi connectivity index (χ0) is 20.2. The normalized spacial score (nSPS) is 23.5. The van der Waals surface area contributed by atoms with E-state index in [0.29, 0.717) is 11.4 Å². The second-order valence-corrected chi connectivity index (χ2v) is 7.12. The van der Waals surface area contributed by atoms with Crippen molar-refractivity contribution in [1.82, 2.24) is 10.1 Å². The van der Waals surface area contributed by atoms with Crippen LogP contribution < -0.4 is 9.47 Å². The first-order valence-electron chi connectivity index (χ1n) is 8.57. The van der Waals surface area contributed by atoms with Gasteiger partial charge in [-0.1, -0.05) is 23.7 Å². The van der Waals surface area contributed by atoms with Crippen LogP contribution in [-0.2, 0) is 9.53 Å². The molecule has 2 atom stereocenters. The number of carbonyl (C=O) groups excluding carboxylic acids is 2. The lowest BCUT2D eigenvalue weighted by Gasteiger charge is -2.36. The van der Waals surface area contributed by atoms with Crippen LogP contribution in [0.1, 0.15) is 29.5 Å². The molecule has 8 nitrogen and oxygen atoms in total. The molecule has 0 fully saturated rings. The predicted molar refractivity (Wildman–Crippen MR) is 97.6 cm³/mol. The lowest BCUT2D eigenvalue weighted by Crippen LogP contribution is -2.51. The van der Waals surface area contributed by atoms with Crippen molar-refractivity contribution in [3.8, 4) is 23.0 Å². The zero-order valence-electron chi connectivity index (χ0n) is 15.7. The number of hydrogen-bond donors (Lipinski definition) is 0. The number of Topliss-reactive ketones (excluding diaryl/α,β-unsaturated/α-hetero) is 1. The number of allylic oxidation sites excluding steroid dienone is 1. The number of fused-ring (bicyclic) bond motifs is 1. The van der Waals surface area contributed by atoms with Crippen LogP contribution in [0.15, 0.2) is 22.4 Å². The first kappa shape index (κ1) is 18.5. The highest BCUT2D eigenvalue weighted by atomic mass is 35.5. The quantitative estimate of drug-likeness (QED) is 0.768. The molecule has 2 heterocycles. The Morgan fingerprint density at radius 3 is 2.64 bits per heavy atom. The molecule has 146 valence electrons. The van der Waals surface area contributed by atoms with Crippen molar-refractivity contribution in [2.75, 3.05) is 14.2 Å². The van der Waals surface area contributed by atoms with Crippen molar-refractivity contribution >= 4 is 23.2 Å². The molecule has 2 aromatic rings. The maximum atomic E-state index is 13.5. The molecule has 1 aliphatic heterocycles. The maximum Gasteiger partial charge on any atom is 0.259 e. The van der Waals surface area contributed by atoms with Gasteiger partial charge in [0.25, 0.3) is 5.89 Å². The number of carbonyl (C=O) groups is 2. The molecule has 1 aromatic heterocycles. The summed E-state index contributed by atoms with van der Waals surface area (Å²) in [7, 11) is 2.83. The highest BCUT2D eigenvalue weighted by Gasteiger charge is 2.59. The van der Waals surface area contributed by atoms with Gasteiger partial charge < -0.3 is 18.7 Å². The minimum Gasteiger partial charge on any atom is -0.496 e. The van der Waals surface area contributed by atoms with E-state index in [-0.39, 0.29) is 51.7 Å². The Morgan fingerprint density at radius 1 is 1.29 bits per heavy atom. The number of methoxy groups -OCH3 is 2. The van der Waals surface area contributed by atoms with Gasteiger partial charge in [0, 0.05) is 18.4 Å². The molecule has 0 bridgehead atoms. The van der Waals surface area contributed by atoms with E-state index in [9.17, 15) is 9.59 Å². The molecule has 2 aliphatic rings. The highest BCUT2D eigenvalue weighted by Crippen LogP contribution is 2.54. The molecule has 4 rings (SSSR count). The lowest BCUT2D eigenvalue weighted by atomic mass is 9.75. The Bertz CT molecular complexity index is 1040. The van der Waals surface area contributed by atoms with Crippen LogP contribution in [-0.4, -0.2) is 41.5 Å². The van der Waals surface area contributed by atoms with Crippen molar-refractivity contribution in [3.05, 3.63) is 34.3 Å². The number of nitrogens with zero attached hydrogens (tertiary/aromatic N) is 2. The summed E-state index contributed by atoms with van der Waals surface area (Å²) in [5.41, 5.74) is -0.910. The summed E-state index contributed by atoms with van der Waals surface area (Å²) in [6, 6.07) is 1.56. The fourth-order valence-electron chi connectivity index (χ4n) is 3.74. The summed E-state index contributed by atoms with van der Waals surface area (Å²) >= 11 is 6.57. The largest absolute Gasteiger partial charge is 0.496 e. The lowest BCUT2D eigenvalue weighted by molar-refractivity contribution is -0.118. The minimum absolute atomic E-state index is 0.137. The van der Waals surface area contributed by atoms with Crippen molar-refractivity contribution in [2.24, 2.45) is 5.92 Å². The van der Waals surface area contributed by atoms with Gasteiger partial charge in [-0.05, 0) is 13.0 Å². The van der Waals surface area contributed by atoms with E-state index in [2.05, 4.69) is 10.1 Å². The second kappa shape index (κ2) is 6.34. The highest BCUT2D eigenvalue weighted by molar-refractivity contribution is 6.36. The van der Waals surface area contributed by atoms with Crippen molar-refractivity contribution in [3.63, 3.8) is 0 Å². The molecule has 0 N–H and O–H groups in total. The molecular formula is C19H17ClN2O6. The summed E-state index contributed by atoms with van der Waals surface area (Å²) in [5.74, 6) is 0.177. The van der Waals surface area contributed by atoms with Gasteiger partial charge in [0.2, 0.25) is 11.4 Å². The van der Waals surface area contributed by atoms with Gasteiger partial charge >= 0.3 is 0 Å². The Kier molecular flexibility index (Phi) is 4.19. The minimum atomic E-state index is -1.48. The number of aryl methyl sites for hydroxylation is 1. The van der Waals surface area contributed by atoms with Gasteiger partial charge in [-0.15, -0.1) is 0 Å². The summed E-state index contributed by atoms with van der Waals surface area (Å²) in [5, 5.41) is 3.91. The molecule has 1 spiro atoms. The molecule has 1 aliphatic carbocycles. The van der Waals surface area contributed by atoms with Crippen LogP contribution in [0.2, 0.25) is 5.02 Å². The Labute approximate surface area is 165 Å². The van der Waals surface area contributed by atoms with Gasteiger partial charge in [0.1, 0.15) is 11.3 Å². The van der Waals surface area contributed by atoms with E-state index in [4.69, 9.17) is 30.3 Å². The average Bonchev–Trinajstić information content (AvgIpc) is 3.22. The molecule has 0 radical (unpaired) electrons. The third-order valence-corrected chi connectivity index (χ3v) is 5.44. The monoisotopic (exact) mass is 404 g/mol. The van der Waals surface area contributed by atoms with Gasteiger partial charge in [-0.2, -0.15) is 4.98 Å². The number of benzene rings is 1. The SMILES string of the molecule is COC1=CC(=O)C[C@@H](C)[C@]12Oc1c(Cl)c(-c3nc(C)no3)cc(OC)c1C2=O. The van der Waals surface area contributed by atoms with Gasteiger partial charge in [-0.3, -0.25) is 9.59 Å². The number of ether oxygens (including phenoxy) is 3. The van der Waals surface area contributed by atoms with Gasteiger partial charge in [0.05, 0.1) is 24.8 Å². The maximum absolute atomic E-state index is 13.5. The topological polar surface area (TPSA) is 101 Å². The summed E-state index contributed by atoms with van der Waals surface area (Å²) in [6.45, 7) is 3.44. The van der Waals surface area contributed by atoms with Crippen LogP contribution in [0, 0.1) is 12.8 Å². The second-order valence-electron chi connectivity index (χ2n) is 6.74. The van der Waals surface area contributed by atoms with Crippen molar-refractivity contribution in [2.45, 2.75) is 25.9 Å². The Hall–Kier alpha value is -2.87. The number of halogens is 1. The molecular weight excluding hydrogens is 388 g/mol.